The van der Waals surface area contributed by atoms with E-state index >= 15 is 0 Å². The second-order valence-electron chi connectivity index (χ2n) is 4.55. The highest BCUT2D eigenvalue weighted by molar-refractivity contribution is 7.98. The Hall–Kier alpha value is -0.580. The molecule has 1 aromatic carbocycles. The fourth-order valence-corrected chi connectivity index (χ4v) is 2.96. The van der Waals surface area contributed by atoms with E-state index in [1.807, 2.05) is 17.8 Å². The minimum atomic E-state index is -0.210. The maximum absolute atomic E-state index is 13.1. The molecule has 0 heterocycles. The van der Waals surface area contributed by atoms with Crippen LogP contribution >= 0.6 is 11.8 Å². The summed E-state index contributed by atoms with van der Waals surface area (Å²) in [4.78, 5) is 2.32. The summed E-state index contributed by atoms with van der Waals surface area (Å²) in [6.07, 6.45) is 3.25. The van der Waals surface area contributed by atoms with Gasteiger partial charge in [-0.05, 0) is 43.0 Å². The van der Waals surface area contributed by atoms with Gasteiger partial charge in [0.1, 0.15) is 5.82 Å². The molecule has 2 N–H and O–H groups in total. The van der Waals surface area contributed by atoms with E-state index in [4.69, 9.17) is 5.73 Å². The van der Waals surface area contributed by atoms with E-state index in [-0.39, 0.29) is 5.82 Å². The lowest BCUT2D eigenvalue weighted by Crippen LogP contribution is -2.33. The maximum Gasteiger partial charge on any atom is 0.123 e. The summed E-state index contributed by atoms with van der Waals surface area (Å²) < 4.78 is 13.1. The zero-order valence-corrected chi connectivity index (χ0v) is 12.3. The molecular weight excluding hydrogens is 247 g/mol. The van der Waals surface area contributed by atoms with Gasteiger partial charge in [0.2, 0.25) is 0 Å². The molecule has 0 fully saturated rings. The van der Waals surface area contributed by atoms with Gasteiger partial charge in [0.05, 0.1) is 0 Å². The van der Waals surface area contributed by atoms with Crippen LogP contribution in [0.5, 0.6) is 0 Å². The van der Waals surface area contributed by atoms with E-state index in [0.717, 1.165) is 29.8 Å². The molecule has 102 valence electrons. The van der Waals surface area contributed by atoms with Crippen LogP contribution in [0.2, 0.25) is 0 Å². The van der Waals surface area contributed by atoms with Crippen LogP contribution in [0.25, 0.3) is 0 Å². The minimum Gasteiger partial charge on any atom is -0.326 e. The number of hydrogen-bond donors (Lipinski definition) is 1. The van der Waals surface area contributed by atoms with Gasteiger partial charge in [0.15, 0.2) is 0 Å². The fourth-order valence-electron chi connectivity index (χ4n) is 2.09. The van der Waals surface area contributed by atoms with Crippen LogP contribution in [-0.2, 0) is 13.1 Å². The molecule has 4 heteroatoms. The third-order valence-corrected chi connectivity index (χ3v) is 3.98. The van der Waals surface area contributed by atoms with Crippen LogP contribution in [0, 0.1) is 5.82 Å². The van der Waals surface area contributed by atoms with Gasteiger partial charge in [-0.3, -0.25) is 4.90 Å². The number of thioether (sulfide) groups is 1. The van der Waals surface area contributed by atoms with Crippen molar-refractivity contribution in [3.63, 3.8) is 0 Å². The number of nitrogens with zero attached hydrogens (tertiary/aromatic N) is 1. The number of halogens is 1. The standard InChI is InChI=1S/C14H23FN2S/c1-4-14(10-18-3)17(2)9-11-5-6-13(15)7-12(11)8-16/h5-7,14H,4,8-10,16H2,1-3H3. The quantitative estimate of drug-likeness (QED) is 0.826. The molecule has 2 nitrogen and oxygen atoms in total. The summed E-state index contributed by atoms with van der Waals surface area (Å²) in [5, 5.41) is 0. The molecule has 0 spiro atoms. The Morgan fingerprint density at radius 1 is 1.39 bits per heavy atom. The van der Waals surface area contributed by atoms with Gasteiger partial charge in [-0.15, -0.1) is 0 Å². The second kappa shape index (κ2) is 7.77. The van der Waals surface area contributed by atoms with Crippen molar-refractivity contribution in [1.29, 1.82) is 0 Å². The third-order valence-electron chi connectivity index (χ3n) is 3.26. The molecular formula is C14H23FN2S. The zero-order valence-electron chi connectivity index (χ0n) is 11.4. The lowest BCUT2D eigenvalue weighted by atomic mass is 10.1. The van der Waals surface area contributed by atoms with E-state index in [1.165, 1.54) is 6.07 Å². The lowest BCUT2D eigenvalue weighted by Gasteiger charge is -2.27. The first-order valence-electron chi connectivity index (χ1n) is 6.28. The molecule has 0 aliphatic heterocycles. The van der Waals surface area contributed by atoms with Gasteiger partial charge in [-0.25, -0.2) is 4.39 Å². The van der Waals surface area contributed by atoms with E-state index in [9.17, 15) is 4.39 Å². The average molecular weight is 270 g/mol. The molecule has 0 saturated heterocycles. The van der Waals surface area contributed by atoms with Crippen molar-refractivity contribution in [3.8, 4) is 0 Å². The number of nitrogens with two attached hydrogens (primary N) is 1. The molecule has 0 amide bonds. The fraction of sp³-hybridized carbons (Fsp3) is 0.571. The summed E-state index contributed by atoms with van der Waals surface area (Å²) in [5.41, 5.74) is 7.70. The van der Waals surface area contributed by atoms with E-state index in [2.05, 4.69) is 25.1 Å². The van der Waals surface area contributed by atoms with Gasteiger partial charge in [0, 0.05) is 24.9 Å². The van der Waals surface area contributed by atoms with Crippen molar-refractivity contribution < 1.29 is 4.39 Å². The largest absolute Gasteiger partial charge is 0.326 e. The van der Waals surface area contributed by atoms with Crippen molar-refractivity contribution in [1.82, 2.24) is 4.90 Å². The monoisotopic (exact) mass is 270 g/mol. The minimum absolute atomic E-state index is 0.210. The molecule has 0 saturated carbocycles. The van der Waals surface area contributed by atoms with Gasteiger partial charge in [0.25, 0.3) is 0 Å². The van der Waals surface area contributed by atoms with Gasteiger partial charge in [-0.2, -0.15) is 11.8 Å². The zero-order chi connectivity index (χ0) is 13.5. The lowest BCUT2D eigenvalue weighted by molar-refractivity contribution is 0.247. The second-order valence-corrected chi connectivity index (χ2v) is 5.46. The summed E-state index contributed by atoms with van der Waals surface area (Å²) in [6.45, 7) is 3.41. The predicted octanol–water partition coefficient (Wildman–Crippen LogP) is 2.86. The first-order chi connectivity index (χ1) is 8.62. The normalized spacial score (nSPS) is 13.0. The molecule has 0 aliphatic carbocycles. The van der Waals surface area contributed by atoms with Gasteiger partial charge >= 0.3 is 0 Å². The van der Waals surface area contributed by atoms with Crippen LogP contribution in [-0.4, -0.2) is 30.0 Å². The highest BCUT2D eigenvalue weighted by Gasteiger charge is 2.14. The van der Waals surface area contributed by atoms with E-state index in [0.29, 0.717) is 12.6 Å². The van der Waals surface area contributed by atoms with Crippen molar-refractivity contribution in [3.05, 3.63) is 35.1 Å². The number of hydrogen-bond acceptors (Lipinski definition) is 3. The van der Waals surface area contributed by atoms with Gasteiger partial charge in [-0.1, -0.05) is 13.0 Å². The van der Waals surface area contributed by atoms with E-state index in [1.54, 1.807) is 6.07 Å². The highest BCUT2D eigenvalue weighted by atomic mass is 32.2. The molecule has 0 bridgehead atoms. The molecule has 0 aromatic heterocycles. The Morgan fingerprint density at radius 3 is 2.67 bits per heavy atom. The topological polar surface area (TPSA) is 29.3 Å². The third kappa shape index (κ3) is 4.26. The number of rotatable bonds is 7. The van der Waals surface area contributed by atoms with Crippen molar-refractivity contribution in [2.75, 3.05) is 19.1 Å². The first kappa shape index (κ1) is 15.5. The maximum atomic E-state index is 13.1. The van der Waals surface area contributed by atoms with E-state index < -0.39 is 0 Å². The SMILES string of the molecule is CCC(CSC)N(C)Cc1ccc(F)cc1CN. The van der Waals surface area contributed by atoms with Crippen LogP contribution in [0.15, 0.2) is 18.2 Å². The number of benzene rings is 1. The summed E-state index contributed by atoms with van der Waals surface area (Å²) in [7, 11) is 2.12. The summed E-state index contributed by atoms with van der Waals surface area (Å²) in [5.74, 6) is 0.907. The van der Waals surface area contributed by atoms with Crippen molar-refractivity contribution in [2.24, 2.45) is 5.73 Å². The molecule has 1 aromatic rings. The molecule has 1 unspecified atom stereocenters. The smallest absolute Gasteiger partial charge is 0.123 e. The molecule has 18 heavy (non-hydrogen) atoms. The summed E-state index contributed by atoms with van der Waals surface area (Å²) >= 11 is 1.86. The Balaban J connectivity index is 2.76. The van der Waals surface area contributed by atoms with Crippen LogP contribution in [0.1, 0.15) is 24.5 Å². The Labute approximate surface area is 114 Å². The van der Waals surface area contributed by atoms with Gasteiger partial charge < -0.3 is 5.73 Å². The van der Waals surface area contributed by atoms with Crippen molar-refractivity contribution >= 4 is 11.8 Å². The summed E-state index contributed by atoms with van der Waals surface area (Å²) in [6, 6.07) is 5.45. The molecule has 1 rings (SSSR count). The average Bonchev–Trinajstić information content (AvgIpc) is 2.37. The van der Waals surface area contributed by atoms with Crippen LogP contribution in [0.3, 0.4) is 0 Å². The Morgan fingerprint density at radius 2 is 2.11 bits per heavy atom. The molecule has 0 aliphatic rings. The molecule has 1 atom stereocenters. The Kier molecular flexibility index (Phi) is 6.68. The highest BCUT2D eigenvalue weighted by Crippen LogP contribution is 2.16. The first-order valence-corrected chi connectivity index (χ1v) is 7.68. The van der Waals surface area contributed by atoms with Crippen molar-refractivity contribution in [2.45, 2.75) is 32.5 Å². The van der Waals surface area contributed by atoms with Crippen LogP contribution in [0.4, 0.5) is 4.39 Å². The van der Waals surface area contributed by atoms with Crippen LogP contribution < -0.4 is 5.73 Å². The Bertz CT molecular complexity index is 371. The predicted molar refractivity (Wildman–Crippen MR) is 78.2 cm³/mol. The molecule has 0 radical (unpaired) electrons.